The van der Waals surface area contributed by atoms with Crippen molar-refractivity contribution in [2.75, 3.05) is 13.2 Å². The molecule has 3 saturated carbocycles. The minimum Gasteiger partial charge on any atom is -0.391 e. The molecular weight excluding hydrogens is 612 g/mol. The van der Waals surface area contributed by atoms with E-state index in [0.29, 0.717) is 22.7 Å². The molecule has 6 aliphatic rings. The Labute approximate surface area is 288 Å². The molecule has 48 heavy (non-hydrogen) atoms. The van der Waals surface area contributed by atoms with E-state index in [9.17, 15) is 25.5 Å². The van der Waals surface area contributed by atoms with E-state index in [1.807, 2.05) is 13.8 Å². The van der Waals surface area contributed by atoms with Crippen LogP contribution in [0.1, 0.15) is 125 Å². The van der Waals surface area contributed by atoms with Crippen LogP contribution in [0.4, 0.5) is 0 Å². The quantitative estimate of drug-likeness (QED) is 0.155. The van der Waals surface area contributed by atoms with Gasteiger partial charge in [0, 0.05) is 18.8 Å². The summed E-state index contributed by atoms with van der Waals surface area (Å²) in [6.45, 7) is 14.1. The first-order chi connectivity index (χ1) is 22.6. The molecule has 276 valence electrons. The highest BCUT2D eigenvalue weighted by molar-refractivity contribution is 5.27. The summed E-state index contributed by atoms with van der Waals surface area (Å²) < 4.78 is 23.9. The number of hydrogen-bond acceptors (Lipinski definition) is 9. The van der Waals surface area contributed by atoms with E-state index in [4.69, 9.17) is 18.9 Å². The molecule has 4 aliphatic carbocycles. The predicted octanol–water partition coefficient (Wildman–Crippen LogP) is 5.24. The van der Waals surface area contributed by atoms with E-state index in [-0.39, 0.29) is 43.5 Å². The molecule has 2 aliphatic heterocycles. The highest BCUT2D eigenvalue weighted by Gasteiger charge is 2.66. The van der Waals surface area contributed by atoms with Gasteiger partial charge in [-0.2, -0.15) is 0 Å². The molecular formula is C39H66O9. The minimum absolute atomic E-state index is 0.0774. The van der Waals surface area contributed by atoms with E-state index in [1.165, 1.54) is 44.1 Å². The summed E-state index contributed by atoms with van der Waals surface area (Å²) >= 11 is 0. The summed E-state index contributed by atoms with van der Waals surface area (Å²) in [7, 11) is 0. The first kappa shape index (κ1) is 37.1. The lowest BCUT2D eigenvalue weighted by molar-refractivity contribution is -0.304. The first-order valence-electron chi connectivity index (χ1n) is 19.2. The van der Waals surface area contributed by atoms with Gasteiger partial charge in [-0.1, -0.05) is 52.2 Å². The summed E-state index contributed by atoms with van der Waals surface area (Å²) in [6, 6.07) is 0. The smallest absolute Gasteiger partial charge is 0.186 e. The van der Waals surface area contributed by atoms with Gasteiger partial charge in [-0.25, -0.2) is 0 Å². The second-order valence-corrected chi connectivity index (χ2v) is 18.1. The fraction of sp³-hybridized carbons (Fsp3) is 0.949. The average Bonchev–Trinajstić information content (AvgIpc) is 3.28. The van der Waals surface area contributed by atoms with Crippen LogP contribution < -0.4 is 0 Å². The number of aliphatic hydroxyl groups excluding tert-OH is 4. The average molecular weight is 679 g/mol. The zero-order chi connectivity index (χ0) is 34.6. The zero-order valence-corrected chi connectivity index (χ0v) is 30.5. The monoisotopic (exact) mass is 678 g/mol. The van der Waals surface area contributed by atoms with Crippen LogP contribution in [0, 0.1) is 39.9 Å². The van der Waals surface area contributed by atoms with Crippen molar-refractivity contribution in [1.82, 2.24) is 0 Å². The van der Waals surface area contributed by atoms with Crippen molar-refractivity contribution < 1.29 is 44.5 Å². The number of allylic oxidation sites excluding steroid dienone is 1. The Morgan fingerprint density at radius 2 is 1.69 bits per heavy atom. The molecule has 2 heterocycles. The van der Waals surface area contributed by atoms with Crippen molar-refractivity contribution in [2.24, 2.45) is 39.9 Å². The highest BCUT2D eigenvalue weighted by Crippen LogP contribution is 2.74. The molecule has 0 spiro atoms. The molecule has 5 fully saturated rings. The summed E-state index contributed by atoms with van der Waals surface area (Å²) in [5, 5.41) is 51.7. The standard InChI is InChI=1S/C39H66O9/c1-23-27-10-13-32-37(4,17-18-38(5)24(14-16-39(32,38)6)9-7-8-15-36(2,3)44)28(27)11-12-31(23)48-35-33(43)29(41)20-26(47-35)22-46-34-30(42)19-25(40)21-45-34/h10,23-26,28-35,40-44H,7-9,11-22H2,1-6H3/t23-,24?,25+,26+,28?,29+,30-,31+,32?,33-,34+,35+,37+,38-,39+/m1/s1. The van der Waals surface area contributed by atoms with Gasteiger partial charge in [0.1, 0.15) is 12.2 Å². The van der Waals surface area contributed by atoms with Crippen molar-refractivity contribution in [1.29, 1.82) is 0 Å². The Balaban J connectivity index is 1.08. The molecule has 9 heteroatoms. The number of unbranched alkanes of at least 4 members (excludes halogenated alkanes) is 1. The van der Waals surface area contributed by atoms with E-state index in [0.717, 1.165) is 38.0 Å². The maximum absolute atomic E-state index is 10.9. The summed E-state index contributed by atoms with van der Waals surface area (Å²) in [6.07, 6.45) is 9.38. The lowest BCUT2D eigenvalue weighted by atomic mass is 9.40. The predicted molar refractivity (Wildman–Crippen MR) is 182 cm³/mol. The Hall–Kier alpha value is -0.620. The van der Waals surface area contributed by atoms with Gasteiger partial charge in [-0.05, 0) is 106 Å². The van der Waals surface area contributed by atoms with Crippen molar-refractivity contribution >= 4 is 0 Å². The van der Waals surface area contributed by atoms with Gasteiger partial charge >= 0.3 is 0 Å². The molecule has 0 aromatic rings. The Morgan fingerprint density at radius 1 is 0.917 bits per heavy atom. The molecule has 0 bridgehead atoms. The molecule has 0 radical (unpaired) electrons. The molecule has 2 saturated heterocycles. The summed E-state index contributed by atoms with van der Waals surface area (Å²) in [5.74, 6) is 2.15. The lowest BCUT2D eigenvalue weighted by Crippen LogP contribution is -2.58. The molecule has 6 rings (SSSR count). The van der Waals surface area contributed by atoms with E-state index in [1.54, 1.807) is 0 Å². The van der Waals surface area contributed by atoms with Gasteiger partial charge in [0.25, 0.3) is 0 Å². The van der Waals surface area contributed by atoms with Crippen LogP contribution >= 0.6 is 0 Å². The maximum Gasteiger partial charge on any atom is 0.186 e. The van der Waals surface area contributed by atoms with Crippen LogP contribution in [0.15, 0.2) is 11.6 Å². The molecule has 0 aromatic carbocycles. The van der Waals surface area contributed by atoms with Gasteiger partial charge in [0.05, 0.1) is 43.2 Å². The third-order valence-corrected chi connectivity index (χ3v) is 14.7. The largest absolute Gasteiger partial charge is 0.391 e. The number of fused-ring (bicyclic) bond motifs is 5. The Bertz CT molecular complexity index is 1140. The fourth-order valence-electron chi connectivity index (χ4n) is 11.6. The van der Waals surface area contributed by atoms with Crippen molar-refractivity contribution in [3.05, 3.63) is 11.6 Å². The van der Waals surface area contributed by atoms with Gasteiger partial charge in [0.15, 0.2) is 12.6 Å². The van der Waals surface area contributed by atoms with Crippen molar-refractivity contribution in [2.45, 2.75) is 180 Å². The molecule has 3 unspecified atom stereocenters. The lowest BCUT2D eigenvalue weighted by Gasteiger charge is -2.65. The van der Waals surface area contributed by atoms with Gasteiger partial charge in [0.2, 0.25) is 0 Å². The van der Waals surface area contributed by atoms with Crippen LogP contribution in [0.2, 0.25) is 0 Å². The minimum atomic E-state index is -1.15. The number of ether oxygens (including phenoxy) is 4. The number of aliphatic hydroxyl groups is 5. The molecule has 9 nitrogen and oxygen atoms in total. The molecule has 0 amide bonds. The van der Waals surface area contributed by atoms with Crippen LogP contribution in [-0.2, 0) is 18.9 Å². The third kappa shape index (κ3) is 6.95. The van der Waals surface area contributed by atoms with Gasteiger partial charge in [-0.15, -0.1) is 0 Å². The molecule has 15 atom stereocenters. The number of hydrogen-bond donors (Lipinski definition) is 5. The van der Waals surface area contributed by atoms with Gasteiger partial charge in [-0.3, -0.25) is 0 Å². The second kappa shape index (κ2) is 14.1. The van der Waals surface area contributed by atoms with Crippen LogP contribution in [0.3, 0.4) is 0 Å². The van der Waals surface area contributed by atoms with Crippen LogP contribution in [0.25, 0.3) is 0 Å². The van der Waals surface area contributed by atoms with Crippen molar-refractivity contribution in [3.8, 4) is 0 Å². The van der Waals surface area contributed by atoms with E-state index < -0.39 is 48.7 Å². The topological polar surface area (TPSA) is 138 Å². The second-order valence-electron chi connectivity index (χ2n) is 18.1. The third-order valence-electron chi connectivity index (χ3n) is 14.7. The van der Waals surface area contributed by atoms with E-state index >= 15 is 0 Å². The summed E-state index contributed by atoms with van der Waals surface area (Å²) in [5.41, 5.74) is 1.88. The molecule has 0 aromatic heterocycles. The van der Waals surface area contributed by atoms with Crippen molar-refractivity contribution in [3.63, 3.8) is 0 Å². The first-order valence-corrected chi connectivity index (χ1v) is 19.2. The number of rotatable bonds is 10. The van der Waals surface area contributed by atoms with Crippen LogP contribution in [0.5, 0.6) is 0 Å². The Kier molecular flexibility index (Phi) is 10.9. The molecule has 5 N–H and O–H groups in total. The Morgan fingerprint density at radius 3 is 2.42 bits per heavy atom. The fourth-order valence-corrected chi connectivity index (χ4v) is 11.6. The zero-order valence-electron chi connectivity index (χ0n) is 30.5. The van der Waals surface area contributed by atoms with Gasteiger partial charge < -0.3 is 44.5 Å². The highest BCUT2D eigenvalue weighted by atomic mass is 16.7. The summed E-state index contributed by atoms with van der Waals surface area (Å²) in [4.78, 5) is 0. The van der Waals surface area contributed by atoms with E-state index in [2.05, 4.69) is 33.8 Å². The SMILES string of the molecule is C[C@@H]1C2=CCC3[C@@](C)(CC[C@]4(C)C(CCCCC(C)(C)O)CC[C@@]34C)C2CC[C@@H]1O[C@@H]1O[C@H](CO[C@@H]2OC[C@@H](O)C[C@H]2O)C[C@H](O)[C@H]1O. The van der Waals surface area contributed by atoms with Crippen LogP contribution in [-0.4, -0.2) is 93.6 Å². The maximum atomic E-state index is 10.9. The normalized spacial score (nSPS) is 49.5.